The van der Waals surface area contributed by atoms with Gasteiger partial charge in [-0.05, 0) is 73.5 Å². The number of carbonyl (C=O) groups excluding carboxylic acids is 2. The molecule has 44 heavy (non-hydrogen) atoms. The van der Waals surface area contributed by atoms with Gasteiger partial charge in [0.2, 0.25) is 21.8 Å². The molecule has 2 amide bonds. The van der Waals surface area contributed by atoms with E-state index in [-0.39, 0.29) is 30.6 Å². The van der Waals surface area contributed by atoms with Crippen molar-refractivity contribution in [3.63, 3.8) is 0 Å². The van der Waals surface area contributed by atoms with Gasteiger partial charge in [-0.25, -0.2) is 8.42 Å². The maximum Gasteiger partial charge on any atom is 0.244 e. The predicted molar refractivity (Wildman–Crippen MR) is 174 cm³/mol. The van der Waals surface area contributed by atoms with Gasteiger partial charge in [-0.1, -0.05) is 72.3 Å². The van der Waals surface area contributed by atoms with Crippen molar-refractivity contribution in [1.29, 1.82) is 0 Å². The van der Waals surface area contributed by atoms with Crippen LogP contribution >= 0.6 is 11.6 Å². The molecular formula is C34H36ClN3O5S. The van der Waals surface area contributed by atoms with Gasteiger partial charge in [0.15, 0.2) is 0 Å². The smallest absolute Gasteiger partial charge is 0.244 e. The summed E-state index contributed by atoms with van der Waals surface area (Å²) in [6.07, 6.45) is 1.28. The number of benzene rings is 4. The number of para-hydroxylation sites is 1. The van der Waals surface area contributed by atoms with E-state index in [1.54, 1.807) is 42.5 Å². The number of amides is 2. The van der Waals surface area contributed by atoms with Crippen molar-refractivity contribution < 1.29 is 22.7 Å². The summed E-state index contributed by atoms with van der Waals surface area (Å²) in [6, 6.07) is 31.0. The summed E-state index contributed by atoms with van der Waals surface area (Å²) in [5.74, 6) is 0.263. The van der Waals surface area contributed by atoms with E-state index in [4.69, 9.17) is 16.3 Å². The van der Waals surface area contributed by atoms with E-state index in [2.05, 4.69) is 5.32 Å². The summed E-state index contributed by atoms with van der Waals surface area (Å²) >= 11 is 6.26. The number of sulfonamides is 1. The molecule has 4 rings (SSSR count). The average molecular weight is 634 g/mol. The lowest BCUT2D eigenvalue weighted by Crippen LogP contribution is -2.54. The molecule has 0 radical (unpaired) electrons. The summed E-state index contributed by atoms with van der Waals surface area (Å²) in [6.45, 7) is 3.22. The molecule has 0 aliphatic rings. The molecular weight excluding hydrogens is 598 g/mol. The predicted octanol–water partition coefficient (Wildman–Crippen LogP) is 6.06. The number of rotatable bonds is 13. The van der Waals surface area contributed by atoms with Crippen LogP contribution in [0.25, 0.3) is 0 Å². The summed E-state index contributed by atoms with van der Waals surface area (Å²) in [5, 5.41) is 3.42. The molecule has 1 atom stereocenters. The number of hydrogen-bond donors (Lipinski definition) is 1. The Bertz CT molecular complexity index is 1650. The minimum atomic E-state index is -3.90. The minimum Gasteiger partial charge on any atom is -0.457 e. The van der Waals surface area contributed by atoms with Gasteiger partial charge in [0.25, 0.3) is 0 Å². The summed E-state index contributed by atoms with van der Waals surface area (Å²) < 4.78 is 32.9. The molecule has 1 N–H and O–H groups in total. The number of ether oxygens (including phenoxy) is 1. The maximum absolute atomic E-state index is 14.2. The normalized spacial score (nSPS) is 11.9. The van der Waals surface area contributed by atoms with E-state index in [1.165, 1.54) is 4.90 Å². The van der Waals surface area contributed by atoms with Gasteiger partial charge in [0.05, 0.1) is 11.9 Å². The molecule has 0 fully saturated rings. The summed E-state index contributed by atoms with van der Waals surface area (Å²) in [5.41, 5.74) is 1.85. The highest BCUT2D eigenvalue weighted by Gasteiger charge is 2.33. The van der Waals surface area contributed by atoms with Crippen LogP contribution in [-0.2, 0) is 32.6 Å². The molecule has 4 aromatic rings. The first-order valence-electron chi connectivity index (χ1n) is 14.2. The number of anilines is 1. The third kappa shape index (κ3) is 9.33. The highest BCUT2D eigenvalue weighted by molar-refractivity contribution is 7.92. The molecule has 0 saturated carbocycles. The Kier molecular flexibility index (Phi) is 11.0. The molecule has 0 spiro atoms. The van der Waals surface area contributed by atoms with Crippen LogP contribution in [0.4, 0.5) is 5.69 Å². The number of hydrogen-bond acceptors (Lipinski definition) is 5. The van der Waals surface area contributed by atoms with Crippen LogP contribution < -0.4 is 14.4 Å². The standard InChI is InChI=1S/C34H36ClN3O5S/c1-25(2)36-34(40)32(22-26-11-6-4-7-12-26)37(23-27-13-10-14-28(35)21-27)33(39)24-38(44(3,41)42)29-17-19-31(20-18-29)43-30-15-8-5-9-16-30/h4-21,25,32H,22-24H2,1-3H3,(H,36,40). The first-order valence-corrected chi connectivity index (χ1v) is 16.4. The van der Waals surface area contributed by atoms with Gasteiger partial charge in [-0.15, -0.1) is 0 Å². The molecule has 230 valence electrons. The van der Waals surface area contributed by atoms with Gasteiger partial charge < -0.3 is 15.0 Å². The van der Waals surface area contributed by atoms with Crippen molar-refractivity contribution >= 4 is 39.1 Å². The number of halogens is 1. The van der Waals surface area contributed by atoms with E-state index >= 15 is 0 Å². The fourth-order valence-corrected chi connectivity index (χ4v) is 5.75. The Hall–Kier alpha value is -4.34. The Morgan fingerprint density at radius 1 is 0.818 bits per heavy atom. The molecule has 8 nitrogen and oxygen atoms in total. The lowest BCUT2D eigenvalue weighted by Gasteiger charge is -2.34. The highest BCUT2D eigenvalue weighted by Crippen LogP contribution is 2.26. The first-order chi connectivity index (χ1) is 21.0. The quantitative estimate of drug-likeness (QED) is 0.193. The molecule has 0 heterocycles. The van der Waals surface area contributed by atoms with Gasteiger partial charge >= 0.3 is 0 Å². The van der Waals surface area contributed by atoms with Crippen LogP contribution in [0.2, 0.25) is 5.02 Å². The van der Waals surface area contributed by atoms with Crippen LogP contribution in [0.1, 0.15) is 25.0 Å². The second kappa shape index (κ2) is 14.9. The minimum absolute atomic E-state index is 0.0455. The molecule has 10 heteroatoms. The Balaban J connectivity index is 1.67. The Morgan fingerprint density at radius 2 is 1.41 bits per heavy atom. The largest absolute Gasteiger partial charge is 0.457 e. The maximum atomic E-state index is 14.2. The molecule has 1 unspecified atom stereocenters. The van der Waals surface area contributed by atoms with E-state index in [9.17, 15) is 18.0 Å². The number of carbonyl (C=O) groups is 2. The Morgan fingerprint density at radius 3 is 2.00 bits per heavy atom. The molecule has 0 bridgehead atoms. The molecule has 4 aromatic carbocycles. The fourth-order valence-electron chi connectivity index (χ4n) is 4.69. The number of nitrogens with one attached hydrogen (secondary N) is 1. The van der Waals surface area contributed by atoms with E-state index in [0.29, 0.717) is 22.1 Å². The van der Waals surface area contributed by atoms with Crippen molar-refractivity contribution in [2.24, 2.45) is 0 Å². The topological polar surface area (TPSA) is 96.0 Å². The highest BCUT2D eigenvalue weighted by atomic mass is 35.5. The Labute approximate surface area is 264 Å². The van der Waals surface area contributed by atoms with Crippen LogP contribution in [-0.4, -0.2) is 50.0 Å². The van der Waals surface area contributed by atoms with Gasteiger partial charge in [-0.2, -0.15) is 0 Å². The van der Waals surface area contributed by atoms with E-state index in [1.807, 2.05) is 80.6 Å². The van der Waals surface area contributed by atoms with Crippen molar-refractivity contribution in [3.05, 3.63) is 125 Å². The third-order valence-electron chi connectivity index (χ3n) is 6.73. The van der Waals surface area contributed by atoms with Crippen LogP contribution in [0.3, 0.4) is 0 Å². The average Bonchev–Trinajstić information content (AvgIpc) is 2.98. The van der Waals surface area contributed by atoms with Crippen molar-refractivity contribution in [1.82, 2.24) is 10.2 Å². The SMILES string of the molecule is CC(C)NC(=O)C(Cc1ccccc1)N(Cc1cccc(Cl)c1)C(=O)CN(c1ccc(Oc2ccccc2)cc1)S(C)(=O)=O. The summed E-state index contributed by atoms with van der Waals surface area (Å²) in [4.78, 5) is 29.2. The van der Waals surface area contributed by atoms with Crippen LogP contribution in [0.5, 0.6) is 11.5 Å². The first kappa shape index (κ1) is 32.6. The fraction of sp³-hybridized carbons (Fsp3) is 0.235. The van der Waals surface area contributed by atoms with Gasteiger partial charge in [0, 0.05) is 24.0 Å². The van der Waals surface area contributed by atoms with Crippen LogP contribution in [0, 0.1) is 0 Å². The zero-order valence-corrected chi connectivity index (χ0v) is 26.5. The van der Waals surface area contributed by atoms with Gasteiger partial charge in [0.1, 0.15) is 24.1 Å². The zero-order valence-electron chi connectivity index (χ0n) is 24.9. The zero-order chi connectivity index (χ0) is 31.7. The lowest BCUT2D eigenvalue weighted by molar-refractivity contribution is -0.140. The molecule has 0 aromatic heterocycles. The van der Waals surface area contributed by atoms with Crippen molar-refractivity contribution in [2.75, 3.05) is 17.1 Å². The lowest BCUT2D eigenvalue weighted by atomic mass is 10.0. The number of nitrogens with zero attached hydrogens (tertiary/aromatic N) is 2. The van der Waals surface area contributed by atoms with Crippen molar-refractivity contribution in [3.8, 4) is 11.5 Å². The van der Waals surface area contributed by atoms with Gasteiger partial charge in [-0.3, -0.25) is 13.9 Å². The monoisotopic (exact) mass is 633 g/mol. The van der Waals surface area contributed by atoms with E-state index in [0.717, 1.165) is 16.1 Å². The second-order valence-corrected chi connectivity index (χ2v) is 13.0. The molecule has 0 saturated heterocycles. The molecule has 0 aliphatic carbocycles. The van der Waals surface area contributed by atoms with Crippen molar-refractivity contribution in [2.45, 2.75) is 38.9 Å². The summed E-state index contributed by atoms with van der Waals surface area (Å²) in [7, 11) is -3.90. The molecule has 0 aliphatic heterocycles. The second-order valence-electron chi connectivity index (χ2n) is 10.7. The van der Waals surface area contributed by atoms with E-state index < -0.39 is 28.5 Å². The van der Waals surface area contributed by atoms with Crippen LogP contribution in [0.15, 0.2) is 109 Å². The third-order valence-corrected chi connectivity index (χ3v) is 8.10.